The van der Waals surface area contributed by atoms with Crippen LogP contribution in [0.1, 0.15) is 19.8 Å². The van der Waals surface area contributed by atoms with E-state index in [2.05, 4.69) is 25.6 Å². The molecular weight excluding hydrogens is 267 g/mol. The molecule has 2 unspecified atom stereocenters. The second-order valence-electron chi connectivity index (χ2n) is 3.52. The number of hydrogen-bond donors (Lipinski definition) is 2. The molecule has 0 amide bonds. The Bertz CT molecular complexity index is 267. The summed E-state index contributed by atoms with van der Waals surface area (Å²) in [6.07, 6.45) is 10.3. The van der Waals surface area contributed by atoms with E-state index in [-0.39, 0.29) is 12.2 Å². The van der Waals surface area contributed by atoms with E-state index in [1.165, 1.54) is 5.57 Å². The zero-order valence-electron chi connectivity index (χ0n) is 11.9. The van der Waals surface area contributed by atoms with Crippen LogP contribution >= 0.6 is 12.9 Å². The zero-order chi connectivity index (χ0) is 15.1. The molecule has 0 bridgehead atoms. The van der Waals surface area contributed by atoms with Crippen LogP contribution in [0, 0.1) is 0 Å². The zero-order valence-corrected chi connectivity index (χ0v) is 12.8. The first kappa shape index (κ1) is 20.7. The quantitative estimate of drug-likeness (QED) is 0.464. The Morgan fingerprint density at radius 2 is 2.11 bits per heavy atom. The summed E-state index contributed by atoms with van der Waals surface area (Å²) in [5.41, 5.74) is 1.18. The highest BCUT2D eigenvalue weighted by atomic mass is 32.1. The van der Waals surface area contributed by atoms with Gasteiger partial charge in [-0.2, -0.15) is 0 Å². The fourth-order valence-corrected chi connectivity index (χ4v) is 1.92. The van der Waals surface area contributed by atoms with Gasteiger partial charge in [0.2, 0.25) is 0 Å². The summed E-state index contributed by atoms with van der Waals surface area (Å²) < 4.78 is 20.1. The number of allylic oxidation sites excluding steroid dienone is 3. The number of hydrogen-bond acceptors (Lipinski definition) is 4. The van der Waals surface area contributed by atoms with Crippen LogP contribution in [0.4, 0.5) is 4.39 Å². The van der Waals surface area contributed by atoms with Crippen molar-refractivity contribution in [1.82, 2.24) is 0 Å². The Hall–Kier alpha value is -0.620. The lowest BCUT2D eigenvalue weighted by molar-refractivity contribution is 0.0407. The summed E-state index contributed by atoms with van der Waals surface area (Å²) in [7, 11) is 1.50. The highest BCUT2D eigenvalue weighted by Crippen LogP contribution is 2.26. The monoisotopic (exact) mass is 292 g/mol. The molecule has 112 valence electrons. The van der Waals surface area contributed by atoms with Gasteiger partial charge in [-0.3, -0.25) is 4.39 Å². The Morgan fingerprint density at radius 3 is 2.58 bits per heavy atom. The second-order valence-corrected chi connectivity index (χ2v) is 3.78. The average molecular weight is 292 g/mol. The van der Waals surface area contributed by atoms with Crippen molar-refractivity contribution in [1.29, 1.82) is 0 Å². The smallest absolute Gasteiger partial charge is 0.0873 e. The van der Waals surface area contributed by atoms with Gasteiger partial charge in [0.1, 0.15) is 0 Å². The molecule has 0 aromatic rings. The molecule has 1 fully saturated rings. The molecule has 1 aliphatic rings. The first-order valence-electron chi connectivity index (χ1n) is 6.01. The Morgan fingerprint density at radius 1 is 1.47 bits per heavy atom. The van der Waals surface area contributed by atoms with Crippen LogP contribution < -0.4 is 0 Å². The summed E-state index contributed by atoms with van der Waals surface area (Å²) in [6.45, 7) is 6.26. The molecule has 1 aliphatic heterocycles. The van der Waals surface area contributed by atoms with E-state index in [9.17, 15) is 4.39 Å². The van der Waals surface area contributed by atoms with Gasteiger partial charge in [0.25, 0.3) is 0 Å². The maximum atomic E-state index is 9.50. The number of rotatable bonds is 5. The largest absolute Gasteiger partial charge is 0.400 e. The van der Waals surface area contributed by atoms with Gasteiger partial charge in [-0.25, -0.2) is 0 Å². The van der Waals surface area contributed by atoms with E-state index >= 15 is 0 Å². The van der Waals surface area contributed by atoms with Gasteiger partial charge in [0.15, 0.2) is 0 Å². The van der Waals surface area contributed by atoms with Gasteiger partial charge in [0, 0.05) is 7.11 Å². The Balaban J connectivity index is 0. The minimum Gasteiger partial charge on any atom is -0.400 e. The van der Waals surface area contributed by atoms with Crippen molar-refractivity contribution in [2.24, 2.45) is 0 Å². The van der Waals surface area contributed by atoms with Gasteiger partial charge in [-0.1, -0.05) is 30.9 Å². The number of aliphatic hydroxyl groups is 1. The minimum atomic E-state index is 0.172. The molecule has 1 saturated heterocycles. The van der Waals surface area contributed by atoms with Crippen molar-refractivity contribution < 1.29 is 18.4 Å². The maximum absolute atomic E-state index is 9.50. The van der Waals surface area contributed by atoms with Crippen LogP contribution in [0.2, 0.25) is 0 Å². The van der Waals surface area contributed by atoms with E-state index in [1.807, 2.05) is 19.1 Å². The number of halogens is 1. The average Bonchev–Trinajstić information content (AvgIpc) is 2.92. The maximum Gasteiger partial charge on any atom is 0.0873 e. The highest BCUT2D eigenvalue weighted by Gasteiger charge is 2.26. The summed E-state index contributed by atoms with van der Waals surface area (Å²) in [5.74, 6) is 0. The molecule has 1 N–H and O–H groups in total. The van der Waals surface area contributed by atoms with Crippen molar-refractivity contribution in [2.75, 3.05) is 20.9 Å². The Labute approximate surface area is 121 Å². The first-order valence-corrected chi connectivity index (χ1v) is 6.38. The van der Waals surface area contributed by atoms with E-state index in [1.54, 1.807) is 6.08 Å². The predicted octanol–water partition coefficient (Wildman–Crippen LogP) is 3.28. The Kier molecular flexibility index (Phi) is 16.8. The number of alkyl halides is 1. The normalized spacial score (nSPS) is 22.3. The second kappa shape index (κ2) is 15.4. The van der Waals surface area contributed by atoms with E-state index < -0.39 is 0 Å². The molecule has 0 aromatic carbocycles. The molecule has 0 saturated carbocycles. The predicted molar refractivity (Wildman–Crippen MR) is 81.1 cm³/mol. The minimum absolute atomic E-state index is 0.172. The molecule has 2 atom stereocenters. The van der Waals surface area contributed by atoms with Gasteiger partial charge in [-0.15, -0.1) is 0 Å². The lowest BCUT2D eigenvalue weighted by Gasteiger charge is -2.13. The first-order chi connectivity index (χ1) is 9.31. The summed E-state index contributed by atoms with van der Waals surface area (Å²) in [6, 6.07) is 0. The van der Waals surface area contributed by atoms with E-state index in [0.717, 1.165) is 20.0 Å². The standard InChI is InChI=1S/C12H18O2S.CH3F.CH4O/c1-3-5-10(6-4-2)12-8-7-11(14-12)9-13-15;2*1-2/h3-6,11-12,15H,1,7-9H2,2H3;1H3;2H,1H3/b6-4-,10-5+;;. The van der Waals surface area contributed by atoms with Crippen molar-refractivity contribution in [3.05, 3.63) is 36.5 Å². The van der Waals surface area contributed by atoms with E-state index in [0.29, 0.717) is 13.8 Å². The summed E-state index contributed by atoms with van der Waals surface area (Å²) >= 11 is 3.73. The van der Waals surface area contributed by atoms with Gasteiger partial charge >= 0.3 is 0 Å². The molecule has 1 rings (SSSR count). The van der Waals surface area contributed by atoms with Crippen LogP contribution in [0.5, 0.6) is 0 Å². The van der Waals surface area contributed by atoms with Crippen LogP contribution in [-0.4, -0.2) is 38.2 Å². The van der Waals surface area contributed by atoms with Gasteiger partial charge in [-0.05, 0) is 38.2 Å². The van der Waals surface area contributed by atoms with Crippen LogP contribution in [-0.2, 0) is 8.92 Å². The molecule has 0 aromatic heterocycles. The lowest BCUT2D eigenvalue weighted by Crippen LogP contribution is -2.15. The lowest BCUT2D eigenvalue weighted by atomic mass is 10.1. The van der Waals surface area contributed by atoms with Crippen LogP contribution in [0.3, 0.4) is 0 Å². The summed E-state index contributed by atoms with van der Waals surface area (Å²) in [4.78, 5) is 0. The molecule has 0 spiro atoms. The van der Waals surface area contributed by atoms with Gasteiger partial charge in [0.05, 0.1) is 26.0 Å². The number of thiol groups is 1. The third-order valence-corrected chi connectivity index (χ3v) is 2.56. The molecular formula is C14H25FO3S. The highest BCUT2D eigenvalue weighted by molar-refractivity contribution is 7.75. The van der Waals surface area contributed by atoms with Crippen LogP contribution in [0.15, 0.2) is 36.5 Å². The van der Waals surface area contributed by atoms with Crippen molar-refractivity contribution in [3.8, 4) is 0 Å². The molecule has 3 nitrogen and oxygen atoms in total. The SMILES string of the molecule is C=C/C=C(\C=C/C)C1CCC(COS)O1.CF.CO. The number of aliphatic hydroxyl groups excluding tert-OH is 1. The fourth-order valence-electron chi connectivity index (χ4n) is 1.76. The molecule has 5 heteroatoms. The van der Waals surface area contributed by atoms with Crippen molar-refractivity contribution >= 4 is 12.9 Å². The molecule has 0 radical (unpaired) electrons. The van der Waals surface area contributed by atoms with Crippen LogP contribution in [0.25, 0.3) is 0 Å². The third-order valence-electron chi connectivity index (χ3n) is 2.41. The molecule has 19 heavy (non-hydrogen) atoms. The topological polar surface area (TPSA) is 38.7 Å². The van der Waals surface area contributed by atoms with E-state index in [4.69, 9.17) is 14.0 Å². The number of ether oxygens (including phenoxy) is 1. The summed E-state index contributed by atoms with van der Waals surface area (Å²) in [5, 5.41) is 7.00. The molecule has 0 aliphatic carbocycles. The molecule has 1 heterocycles. The third kappa shape index (κ3) is 8.99. The van der Waals surface area contributed by atoms with Crippen molar-refractivity contribution in [3.63, 3.8) is 0 Å². The van der Waals surface area contributed by atoms with Gasteiger partial charge < -0.3 is 14.0 Å². The fraction of sp³-hybridized carbons (Fsp3) is 0.571. The van der Waals surface area contributed by atoms with Crippen molar-refractivity contribution in [2.45, 2.75) is 32.0 Å².